The summed E-state index contributed by atoms with van der Waals surface area (Å²) >= 11 is 9.98. The van der Waals surface area contributed by atoms with Crippen LogP contribution in [0.25, 0.3) is 16.9 Å². The Morgan fingerprint density at radius 3 is 2.34 bits per heavy atom. The minimum absolute atomic E-state index is 0.227. The number of carbonyl (C=O) groups is 1. The number of aromatic nitrogens is 3. The number of nitrogens with zero attached hydrogens (tertiary/aromatic N) is 3. The number of nitrogens with one attached hydrogen (secondary N) is 3. The number of benzene rings is 3. The lowest BCUT2D eigenvalue weighted by Gasteiger charge is -2.13. The van der Waals surface area contributed by atoms with E-state index < -0.39 is 0 Å². The summed E-state index contributed by atoms with van der Waals surface area (Å²) in [5.74, 6) is 0.796. The Bertz CT molecular complexity index is 1600. The van der Waals surface area contributed by atoms with Gasteiger partial charge in [0.1, 0.15) is 5.82 Å². The monoisotopic (exact) mass is 588 g/mol. The van der Waals surface area contributed by atoms with Crippen molar-refractivity contribution in [3.05, 3.63) is 111 Å². The number of rotatable bonds is 7. The molecule has 3 N–H and O–H groups in total. The molecule has 0 atom stereocenters. The topological polar surface area (TPSA) is 83.4 Å². The first-order valence-corrected chi connectivity index (χ1v) is 13.3. The van der Waals surface area contributed by atoms with E-state index in [0.29, 0.717) is 23.8 Å². The summed E-state index contributed by atoms with van der Waals surface area (Å²) in [5, 5.41) is 14.4. The average molecular weight is 590 g/mol. The van der Waals surface area contributed by atoms with Crippen molar-refractivity contribution < 1.29 is 4.79 Å². The van der Waals surface area contributed by atoms with Crippen molar-refractivity contribution in [1.29, 1.82) is 0 Å². The molecule has 38 heavy (non-hydrogen) atoms. The molecule has 2 aromatic heterocycles. The summed E-state index contributed by atoms with van der Waals surface area (Å²) in [6, 6.07) is 23.4. The van der Waals surface area contributed by atoms with Gasteiger partial charge < -0.3 is 16.0 Å². The van der Waals surface area contributed by atoms with Crippen LogP contribution >= 0.6 is 27.5 Å². The van der Waals surface area contributed by atoms with E-state index in [2.05, 4.69) is 37.0 Å². The van der Waals surface area contributed by atoms with Crippen LogP contribution in [0.1, 0.15) is 22.3 Å². The number of hydrogen-bond donors (Lipinski definition) is 3. The number of carbonyl (C=O) groups excluding carboxylic acids is 1. The molecule has 7 nitrogen and oxygen atoms in total. The Morgan fingerprint density at radius 2 is 1.63 bits per heavy atom. The number of fused-ring (bicyclic) bond motifs is 1. The van der Waals surface area contributed by atoms with Crippen LogP contribution in [0.4, 0.5) is 16.3 Å². The molecule has 192 valence electrons. The molecule has 0 saturated heterocycles. The van der Waals surface area contributed by atoms with Crippen LogP contribution in [0.15, 0.2) is 83.5 Å². The number of urea groups is 1. The molecule has 0 aliphatic carbocycles. The largest absolute Gasteiger partial charge is 0.366 e. The third-order valence-corrected chi connectivity index (χ3v) is 7.14. The highest BCUT2D eigenvalue weighted by Crippen LogP contribution is 2.30. The highest BCUT2D eigenvalue weighted by Gasteiger charge is 2.13. The predicted molar refractivity (Wildman–Crippen MR) is 157 cm³/mol. The second-order valence-electron chi connectivity index (χ2n) is 8.98. The second-order valence-corrected chi connectivity index (χ2v) is 10.2. The fraction of sp³-hybridized carbons (Fsp3) is 0.138. The molecule has 2 amide bonds. The summed E-state index contributed by atoms with van der Waals surface area (Å²) < 4.78 is 2.56. The van der Waals surface area contributed by atoms with E-state index in [0.717, 1.165) is 49.5 Å². The smallest absolute Gasteiger partial charge is 0.319 e. The maximum absolute atomic E-state index is 12.4. The minimum atomic E-state index is -0.227. The summed E-state index contributed by atoms with van der Waals surface area (Å²) in [6.07, 6.45) is 1.72. The molecule has 0 saturated carbocycles. The van der Waals surface area contributed by atoms with E-state index >= 15 is 0 Å². The van der Waals surface area contributed by atoms with Crippen molar-refractivity contribution >= 4 is 50.7 Å². The molecule has 5 aromatic rings. The Kier molecular flexibility index (Phi) is 7.62. The van der Waals surface area contributed by atoms with Gasteiger partial charge in [-0.15, -0.1) is 0 Å². The quantitative estimate of drug-likeness (QED) is 0.185. The Balaban J connectivity index is 1.25. The molecule has 0 radical (unpaired) electrons. The van der Waals surface area contributed by atoms with Gasteiger partial charge in [-0.2, -0.15) is 9.61 Å². The molecule has 0 unspecified atom stereocenters. The van der Waals surface area contributed by atoms with E-state index in [4.69, 9.17) is 16.6 Å². The number of aryl methyl sites for hydroxylation is 2. The minimum Gasteiger partial charge on any atom is -0.366 e. The summed E-state index contributed by atoms with van der Waals surface area (Å²) in [4.78, 5) is 17.2. The van der Waals surface area contributed by atoms with Gasteiger partial charge in [0.2, 0.25) is 0 Å². The molecule has 2 heterocycles. The predicted octanol–water partition coefficient (Wildman–Crippen LogP) is 7.36. The molecule has 9 heteroatoms. The van der Waals surface area contributed by atoms with Crippen LogP contribution in [0.3, 0.4) is 0 Å². The first-order valence-electron chi connectivity index (χ1n) is 12.1. The molecule has 5 rings (SSSR count). The van der Waals surface area contributed by atoms with E-state index in [1.54, 1.807) is 10.7 Å². The van der Waals surface area contributed by atoms with Crippen LogP contribution in [0.2, 0.25) is 5.02 Å². The number of amides is 2. The van der Waals surface area contributed by atoms with Crippen molar-refractivity contribution in [2.24, 2.45) is 0 Å². The van der Waals surface area contributed by atoms with Crippen LogP contribution in [-0.2, 0) is 13.1 Å². The van der Waals surface area contributed by atoms with Gasteiger partial charge in [-0.1, -0.05) is 72.3 Å². The molecular formula is C29H26BrClN6O. The van der Waals surface area contributed by atoms with Crippen molar-refractivity contribution in [3.63, 3.8) is 0 Å². The molecule has 0 aliphatic rings. The number of hydrogen-bond acceptors (Lipinski definition) is 4. The van der Waals surface area contributed by atoms with Gasteiger partial charge in [0.05, 0.1) is 16.4 Å². The first kappa shape index (κ1) is 25.8. The SMILES string of the molecule is Cc1cccc(C)c1NC(=O)NCc1ccc(CNc2cc(-c3ccccc3Cl)nc3c(Br)cnn23)cc1. The number of para-hydroxylation sites is 1. The highest BCUT2D eigenvalue weighted by molar-refractivity contribution is 9.10. The Hall–Kier alpha value is -3.88. The zero-order chi connectivity index (χ0) is 26.6. The van der Waals surface area contributed by atoms with Crippen molar-refractivity contribution in [2.75, 3.05) is 10.6 Å². The normalized spacial score (nSPS) is 10.9. The summed E-state index contributed by atoms with van der Waals surface area (Å²) in [5.41, 5.74) is 7.32. The van der Waals surface area contributed by atoms with Crippen LogP contribution in [0, 0.1) is 13.8 Å². The lowest BCUT2D eigenvalue weighted by molar-refractivity contribution is 0.251. The maximum atomic E-state index is 12.4. The molecule has 0 bridgehead atoms. The highest BCUT2D eigenvalue weighted by atomic mass is 79.9. The van der Waals surface area contributed by atoms with E-state index in [1.807, 2.05) is 86.6 Å². The fourth-order valence-electron chi connectivity index (χ4n) is 4.19. The van der Waals surface area contributed by atoms with Gasteiger partial charge >= 0.3 is 6.03 Å². The van der Waals surface area contributed by atoms with Gasteiger partial charge in [-0.3, -0.25) is 0 Å². The van der Waals surface area contributed by atoms with Crippen LogP contribution in [0.5, 0.6) is 0 Å². The standard InChI is InChI=1S/C29H26BrClN6O/c1-18-6-5-7-19(2)27(18)36-29(38)33-16-21-12-10-20(11-13-21)15-32-26-14-25(22-8-3-4-9-24(22)31)35-28-23(30)17-34-37(26)28/h3-14,17,32H,15-16H2,1-2H3,(H2,33,36,38). The van der Waals surface area contributed by atoms with E-state index in [1.165, 1.54) is 0 Å². The molecular weight excluding hydrogens is 564 g/mol. The molecule has 0 fully saturated rings. The first-order chi connectivity index (χ1) is 18.4. The Labute approximate surface area is 234 Å². The van der Waals surface area contributed by atoms with Gasteiger partial charge in [0.15, 0.2) is 5.65 Å². The average Bonchev–Trinajstić information content (AvgIpc) is 3.29. The second kappa shape index (κ2) is 11.2. The van der Waals surface area contributed by atoms with E-state index in [9.17, 15) is 4.79 Å². The molecule has 0 spiro atoms. The Morgan fingerprint density at radius 1 is 0.947 bits per heavy atom. The van der Waals surface area contributed by atoms with Gasteiger partial charge in [-0.05, 0) is 58.1 Å². The maximum Gasteiger partial charge on any atom is 0.319 e. The van der Waals surface area contributed by atoms with Crippen LogP contribution < -0.4 is 16.0 Å². The lowest BCUT2D eigenvalue weighted by atomic mass is 10.1. The summed E-state index contributed by atoms with van der Waals surface area (Å²) in [6.45, 7) is 4.97. The molecule has 0 aliphatic heterocycles. The fourth-order valence-corrected chi connectivity index (χ4v) is 4.77. The number of halogens is 2. The molecule has 3 aromatic carbocycles. The van der Waals surface area contributed by atoms with Gasteiger partial charge in [0, 0.05) is 35.4 Å². The third-order valence-electron chi connectivity index (χ3n) is 6.25. The van der Waals surface area contributed by atoms with Gasteiger partial charge in [0.25, 0.3) is 0 Å². The van der Waals surface area contributed by atoms with Crippen molar-refractivity contribution in [1.82, 2.24) is 19.9 Å². The van der Waals surface area contributed by atoms with Crippen molar-refractivity contribution in [3.8, 4) is 11.3 Å². The zero-order valence-electron chi connectivity index (χ0n) is 20.9. The third kappa shape index (κ3) is 5.66. The zero-order valence-corrected chi connectivity index (χ0v) is 23.3. The summed E-state index contributed by atoms with van der Waals surface area (Å²) in [7, 11) is 0. The van der Waals surface area contributed by atoms with Crippen molar-refractivity contribution in [2.45, 2.75) is 26.9 Å². The van der Waals surface area contributed by atoms with Crippen LogP contribution in [-0.4, -0.2) is 20.6 Å². The van der Waals surface area contributed by atoms with E-state index in [-0.39, 0.29) is 6.03 Å². The number of anilines is 2. The lowest BCUT2D eigenvalue weighted by Crippen LogP contribution is -2.28. The van der Waals surface area contributed by atoms with Gasteiger partial charge in [-0.25, -0.2) is 9.78 Å².